The SMILES string of the molecule is NC(=O)c1cc(S(=O)(=O)N2CCCC2)ccc1O[C@H](C(=O)N1CCOCC1)c1ccccc1. The number of amides is 2. The summed E-state index contributed by atoms with van der Waals surface area (Å²) in [7, 11) is -3.74. The van der Waals surface area contributed by atoms with Crippen LogP contribution in [0.5, 0.6) is 5.75 Å². The van der Waals surface area contributed by atoms with Crippen molar-refractivity contribution in [2.75, 3.05) is 39.4 Å². The van der Waals surface area contributed by atoms with Crippen LogP contribution in [0.2, 0.25) is 0 Å². The highest BCUT2D eigenvalue weighted by atomic mass is 32.2. The Morgan fingerprint density at radius 1 is 0.970 bits per heavy atom. The van der Waals surface area contributed by atoms with Gasteiger partial charge in [0, 0.05) is 31.7 Å². The van der Waals surface area contributed by atoms with E-state index < -0.39 is 22.0 Å². The molecule has 0 aliphatic carbocycles. The first-order chi connectivity index (χ1) is 15.9. The first kappa shape index (κ1) is 23.2. The molecule has 4 rings (SSSR count). The summed E-state index contributed by atoms with van der Waals surface area (Å²) >= 11 is 0. The van der Waals surface area contributed by atoms with Crippen molar-refractivity contribution in [3.05, 3.63) is 59.7 Å². The van der Waals surface area contributed by atoms with Crippen LogP contribution in [0.3, 0.4) is 0 Å². The Kier molecular flexibility index (Phi) is 6.96. The Morgan fingerprint density at radius 3 is 2.27 bits per heavy atom. The molecule has 2 saturated heterocycles. The van der Waals surface area contributed by atoms with E-state index in [-0.39, 0.29) is 22.1 Å². The smallest absolute Gasteiger partial charge is 0.268 e. The average Bonchev–Trinajstić information content (AvgIpc) is 3.39. The van der Waals surface area contributed by atoms with Gasteiger partial charge in [-0.2, -0.15) is 4.31 Å². The topological polar surface area (TPSA) is 119 Å². The molecule has 176 valence electrons. The number of primary amides is 1. The maximum Gasteiger partial charge on any atom is 0.268 e. The molecule has 9 nitrogen and oxygen atoms in total. The quantitative estimate of drug-likeness (QED) is 0.652. The van der Waals surface area contributed by atoms with E-state index in [9.17, 15) is 18.0 Å². The number of carbonyl (C=O) groups excluding carboxylic acids is 2. The van der Waals surface area contributed by atoms with Crippen LogP contribution in [-0.2, 0) is 19.6 Å². The number of ether oxygens (including phenoxy) is 2. The molecule has 2 fully saturated rings. The van der Waals surface area contributed by atoms with Crippen molar-refractivity contribution < 1.29 is 27.5 Å². The van der Waals surface area contributed by atoms with E-state index >= 15 is 0 Å². The number of morpholine rings is 1. The fraction of sp³-hybridized carbons (Fsp3) is 0.391. The van der Waals surface area contributed by atoms with Gasteiger partial charge in [0.05, 0.1) is 23.7 Å². The van der Waals surface area contributed by atoms with Gasteiger partial charge in [-0.05, 0) is 31.0 Å². The highest BCUT2D eigenvalue weighted by molar-refractivity contribution is 7.89. The Hall–Kier alpha value is -2.95. The number of nitrogens with two attached hydrogens (primary N) is 1. The molecular formula is C23H27N3O6S. The summed E-state index contributed by atoms with van der Waals surface area (Å²) in [5, 5.41) is 0. The Balaban J connectivity index is 1.68. The molecular weight excluding hydrogens is 446 g/mol. The van der Waals surface area contributed by atoms with Crippen LogP contribution in [0.4, 0.5) is 0 Å². The van der Waals surface area contributed by atoms with Crippen LogP contribution >= 0.6 is 0 Å². The van der Waals surface area contributed by atoms with Gasteiger partial charge >= 0.3 is 0 Å². The molecule has 2 aliphatic heterocycles. The van der Waals surface area contributed by atoms with Crippen molar-refractivity contribution in [3.8, 4) is 5.75 Å². The second kappa shape index (κ2) is 9.90. The average molecular weight is 474 g/mol. The fourth-order valence-corrected chi connectivity index (χ4v) is 5.55. The van der Waals surface area contributed by atoms with Crippen LogP contribution in [0.15, 0.2) is 53.4 Å². The lowest BCUT2D eigenvalue weighted by Crippen LogP contribution is -2.44. The number of nitrogens with zero attached hydrogens (tertiary/aromatic N) is 2. The zero-order valence-corrected chi connectivity index (χ0v) is 19.0. The summed E-state index contributed by atoms with van der Waals surface area (Å²) in [6.07, 6.45) is 0.570. The minimum Gasteiger partial charge on any atom is -0.475 e. The third-order valence-corrected chi connectivity index (χ3v) is 7.71. The molecule has 0 saturated carbocycles. The van der Waals surface area contributed by atoms with Gasteiger partial charge in [-0.1, -0.05) is 30.3 Å². The summed E-state index contributed by atoms with van der Waals surface area (Å²) < 4.78 is 38.7. The molecule has 2 aliphatic rings. The van der Waals surface area contributed by atoms with Gasteiger partial charge < -0.3 is 20.1 Å². The van der Waals surface area contributed by atoms with Gasteiger partial charge in [-0.15, -0.1) is 0 Å². The zero-order chi connectivity index (χ0) is 23.4. The third kappa shape index (κ3) is 5.02. The molecule has 0 spiro atoms. The molecule has 0 unspecified atom stereocenters. The summed E-state index contributed by atoms with van der Waals surface area (Å²) in [6.45, 7) is 2.61. The van der Waals surface area contributed by atoms with Gasteiger partial charge in [-0.25, -0.2) is 8.42 Å². The van der Waals surface area contributed by atoms with E-state index in [1.54, 1.807) is 29.2 Å². The van der Waals surface area contributed by atoms with Crippen molar-refractivity contribution in [3.63, 3.8) is 0 Å². The molecule has 0 radical (unpaired) electrons. The third-order valence-electron chi connectivity index (χ3n) is 5.81. The van der Waals surface area contributed by atoms with Crippen LogP contribution in [0, 0.1) is 0 Å². The van der Waals surface area contributed by atoms with Crippen molar-refractivity contribution in [1.82, 2.24) is 9.21 Å². The van der Waals surface area contributed by atoms with Crippen LogP contribution < -0.4 is 10.5 Å². The fourth-order valence-electron chi connectivity index (χ4n) is 4.01. The van der Waals surface area contributed by atoms with Gasteiger partial charge in [0.1, 0.15) is 5.75 Å². The number of rotatable bonds is 7. The summed E-state index contributed by atoms with van der Waals surface area (Å²) in [5.74, 6) is -1.05. The molecule has 2 amide bonds. The molecule has 1 atom stereocenters. The predicted octanol–water partition coefficient (Wildman–Crippen LogP) is 1.55. The Labute approximate surface area is 193 Å². The zero-order valence-electron chi connectivity index (χ0n) is 18.2. The van der Waals surface area contributed by atoms with E-state index in [2.05, 4.69) is 0 Å². The summed E-state index contributed by atoms with van der Waals surface area (Å²) in [4.78, 5) is 27.2. The minimum atomic E-state index is -3.74. The van der Waals surface area contributed by atoms with Crippen molar-refractivity contribution in [1.29, 1.82) is 0 Å². The largest absolute Gasteiger partial charge is 0.475 e. The molecule has 33 heavy (non-hydrogen) atoms. The van der Waals surface area contributed by atoms with E-state index in [0.29, 0.717) is 45.0 Å². The highest BCUT2D eigenvalue weighted by Gasteiger charge is 2.32. The lowest BCUT2D eigenvalue weighted by Gasteiger charge is -2.31. The Morgan fingerprint density at radius 2 is 1.64 bits per heavy atom. The molecule has 0 aromatic heterocycles. The predicted molar refractivity (Wildman–Crippen MR) is 120 cm³/mol. The first-order valence-corrected chi connectivity index (χ1v) is 12.3. The number of benzene rings is 2. The van der Waals surface area contributed by atoms with Crippen LogP contribution in [-0.4, -0.2) is 68.8 Å². The number of hydrogen-bond acceptors (Lipinski definition) is 6. The molecule has 2 aromatic rings. The number of sulfonamides is 1. The van der Waals surface area contributed by atoms with E-state index in [0.717, 1.165) is 12.8 Å². The van der Waals surface area contributed by atoms with E-state index in [1.165, 1.54) is 22.5 Å². The lowest BCUT2D eigenvalue weighted by molar-refractivity contribution is -0.143. The standard InChI is InChI=1S/C23H27N3O6S/c24-22(27)19-16-18(33(29,30)26-10-4-5-11-26)8-9-20(19)32-21(17-6-2-1-3-7-17)23(28)25-12-14-31-15-13-25/h1-3,6-9,16,21H,4-5,10-15H2,(H2,24,27)/t21-/m0/s1. The number of hydrogen-bond donors (Lipinski definition) is 1. The van der Waals surface area contributed by atoms with Gasteiger partial charge in [0.15, 0.2) is 0 Å². The van der Waals surface area contributed by atoms with Crippen molar-refractivity contribution in [2.45, 2.75) is 23.8 Å². The highest BCUT2D eigenvalue weighted by Crippen LogP contribution is 2.31. The maximum absolute atomic E-state index is 13.3. The number of carbonyl (C=O) groups is 2. The van der Waals surface area contributed by atoms with Gasteiger partial charge in [0.2, 0.25) is 16.1 Å². The van der Waals surface area contributed by atoms with Crippen LogP contribution in [0.25, 0.3) is 0 Å². The second-order valence-corrected chi connectivity index (χ2v) is 9.92. The first-order valence-electron chi connectivity index (χ1n) is 10.9. The molecule has 2 aromatic carbocycles. The summed E-state index contributed by atoms with van der Waals surface area (Å²) in [5.41, 5.74) is 6.09. The molecule has 2 N–H and O–H groups in total. The second-order valence-electron chi connectivity index (χ2n) is 7.98. The molecule has 0 bridgehead atoms. The van der Waals surface area contributed by atoms with Crippen LogP contribution in [0.1, 0.15) is 34.9 Å². The van der Waals surface area contributed by atoms with E-state index in [1.807, 2.05) is 6.07 Å². The monoisotopic (exact) mass is 473 g/mol. The molecule has 2 heterocycles. The maximum atomic E-state index is 13.3. The normalized spacial score (nSPS) is 18.1. The van der Waals surface area contributed by atoms with E-state index in [4.69, 9.17) is 15.2 Å². The summed E-state index contributed by atoms with van der Waals surface area (Å²) in [6, 6.07) is 12.9. The van der Waals surface area contributed by atoms with Gasteiger partial charge in [0.25, 0.3) is 11.8 Å². The lowest BCUT2D eigenvalue weighted by atomic mass is 10.1. The van der Waals surface area contributed by atoms with Crippen molar-refractivity contribution in [2.24, 2.45) is 5.73 Å². The van der Waals surface area contributed by atoms with Crippen molar-refractivity contribution >= 4 is 21.8 Å². The minimum absolute atomic E-state index is 0.0266. The Bertz CT molecular complexity index is 1110. The van der Waals surface area contributed by atoms with Gasteiger partial charge in [-0.3, -0.25) is 9.59 Å². The molecule has 10 heteroatoms.